The van der Waals surface area contributed by atoms with E-state index in [0.717, 1.165) is 6.42 Å². The molecule has 1 heterocycles. The summed E-state index contributed by atoms with van der Waals surface area (Å²) >= 11 is 6.01. The molecule has 1 atom stereocenters. The molecule has 0 bridgehead atoms. The third kappa shape index (κ3) is 2.52. The highest BCUT2D eigenvalue weighted by molar-refractivity contribution is 6.31. The number of aliphatic hydroxyl groups is 1. The van der Waals surface area contributed by atoms with Gasteiger partial charge >= 0.3 is 5.97 Å². The standard InChI is InChI=1S/C12H13ClO5/c1-16-12(15)11(14)7-5-9-10(6-8(7)13)18-4-2-3-17-9/h5-6,11,14H,2-4H2,1H3. The van der Waals surface area contributed by atoms with Crippen LogP contribution in [0.2, 0.25) is 5.02 Å². The maximum Gasteiger partial charge on any atom is 0.339 e. The first-order valence-electron chi connectivity index (χ1n) is 5.48. The summed E-state index contributed by atoms with van der Waals surface area (Å²) in [7, 11) is 1.20. The lowest BCUT2D eigenvalue weighted by Gasteiger charge is -2.14. The number of rotatable bonds is 2. The maximum absolute atomic E-state index is 11.3. The van der Waals surface area contributed by atoms with Crippen LogP contribution >= 0.6 is 11.6 Å². The van der Waals surface area contributed by atoms with Crippen molar-refractivity contribution >= 4 is 17.6 Å². The molecule has 2 rings (SSSR count). The van der Waals surface area contributed by atoms with Crippen LogP contribution in [-0.4, -0.2) is 31.4 Å². The summed E-state index contributed by atoms with van der Waals surface area (Å²) in [6.45, 7) is 1.06. The molecule has 5 nitrogen and oxygen atoms in total. The highest BCUT2D eigenvalue weighted by Crippen LogP contribution is 2.37. The van der Waals surface area contributed by atoms with Gasteiger partial charge in [-0.2, -0.15) is 0 Å². The van der Waals surface area contributed by atoms with E-state index in [1.54, 1.807) is 0 Å². The maximum atomic E-state index is 11.3. The Hall–Kier alpha value is -1.46. The van der Waals surface area contributed by atoms with Crippen molar-refractivity contribution in [3.05, 3.63) is 22.7 Å². The second kappa shape index (κ2) is 5.46. The average Bonchev–Trinajstić information content (AvgIpc) is 2.60. The van der Waals surface area contributed by atoms with Crippen molar-refractivity contribution in [1.29, 1.82) is 0 Å². The lowest BCUT2D eigenvalue weighted by Crippen LogP contribution is -2.14. The molecule has 0 aromatic heterocycles. The van der Waals surface area contributed by atoms with Gasteiger partial charge in [0.05, 0.1) is 25.3 Å². The third-order valence-electron chi connectivity index (χ3n) is 2.59. The van der Waals surface area contributed by atoms with Gasteiger partial charge in [-0.3, -0.25) is 0 Å². The molecule has 0 saturated heterocycles. The van der Waals surface area contributed by atoms with Crippen molar-refractivity contribution < 1.29 is 24.1 Å². The fourth-order valence-electron chi connectivity index (χ4n) is 1.65. The zero-order valence-corrected chi connectivity index (χ0v) is 10.6. The van der Waals surface area contributed by atoms with Crippen molar-refractivity contribution in [2.45, 2.75) is 12.5 Å². The van der Waals surface area contributed by atoms with Gasteiger partial charge in [0.2, 0.25) is 0 Å². The second-order valence-corrected chi connectivity index (χ2v) is 4.20. The summed E-state index contributed by atoms with van der Waals surface area (Å²) in [5.41, 5.74) is 0.243. The molecule has 6 heteroatoms. The van der Waals surface area contributed by atoms with Gasteiger partial charge in [-0.15, -0.1) is 0 Å². The van der Waals surface area contributed by atoms with Gasteiger partial charge in [0.15, 0.2) is 17.6 Å². The number of carbonyl (C=O) groups excluding carboxylic acids is 1. The summed E-state index contributed by atoms with van der Waals surface area (Å²) in [6.07, 6.45) is -0.666. The van der Waals surface area contributed by atoms with Crippen LogP contribution in [0.15, 0.2) is 12.1 Å². The third-order valence-corrected chi connectivity index (χ3v) is 2.91. The second-order valence-electron chi connectivity index (χ2n) is 3.80. The van der Waals surface area contributed by atoms with E-state index in [0.29, 0.717) is 24.7 Å². The number of ether oxygens (including phenoxy) is 3. The van der Waals surface area contributed by atoms with Gasteiger partial charge in [0.25, 0.3) is 0 Å². The zero-order valence-electron chi connectivity index (χ0n) is 9.81. The van der Waals surface area contributed by atoms with Crippen molar-refractivity contribution in [3.63, 3.8) is 0 Å². The first kappa shape index (κ1) is 13.0. The Morgan fingerprint density at radius 3 is 2.61 bits per heavy atom. The van der Waals surface area contributed by atoms with Crippen molar-refractivity contribution in [3.8, 4) is 11.5 Å². The lowest BCUT2D eigenvalue weighted by atomic mass is 10.1. The van der Waals surface area contributed by atoms with Gasteiger partial charge in [-0.25, -0.2) is 4.79 Å². The Morgan fingerprint density at radius 2 is 2.00 bits per heavy atom. The predicted molar refractivity (Wildman–Crippen MR) is 64.0 cm³/mol. The van der Waals surface area contributed by atoms with E-state index < -0.39 is 12.1 Å². The number of halogens is 1. The minimum Gasteiger partial charge on any atom is -0.490 e. The van der Waals surface area contributed by atoms with Crippen molar-refractivity contribution in [2.75, 3.05) is 20.3 Å². The molecule has 1 unspecified atom stereocenters. The van der Waals surface area contributed by atoms with E-state index in [4.69, 9.17) is 21.1 Å². The van der Waals surface area contributed by atoms with E-state index in [1.807, 2.05) is 0 Å². The molecule has 1 aliphatic heterocycles. The summed E-state index contributed by atoms with van der Waals surface area (Å²) in [6, 6.07) is 3.04. The minimum atomic E-state index is -1.43. The number of carbonyl (C=O) groups is 1. The van der Waals surface area contributed by atoms with E-state index >= 15 is 0 Å². The van der Waals surface area contributed by atoms with Gasteiger partial charge in [0, 0.05) is 18.1 Å². The van der Waals surface area contributed by atoms with Gasteiger partial charge in [0.1, 0.15) is 0 Å². The molecule has 0 aliphatic carbocycles. The zero-order chi connectivity index (χ0) is 13.1. The molecule has 0 radical (unpaired) electrons. The lowest BCUT2D eigenvalue weighted by molar-refractivity contribution is -0.150. The van der Waals surface area contributed by atoms with Crippen LogP contribution in [0.3, 0.4) is 0 Å². The number of fused-ring (bicyclic) bond motifs is 1. The molecule has 18 heavy (non-hydrogen) atoms. The number of hydrogen-bond donors (Lipinski definition) is 1. The average molecular weight is 273 g/mol. The normalized spacial score (nSPS) is 15.7. The number of benzene rings is 1. The minimum absolute atomic E-state index is 0.233. The highest BCUT2D eigenvalue weighted by atomic mass is 35.5. The van der Waals surface area contributed by atoms with Crippen LogP contribution in [0.5, 0.6) is 11.5 Å². The molecule has 0 fully saturated rings. The van der Waals surface area contributed by atoms with E-state index in [1.165, 1.54) is 19.2 Å². The Kier molecular flexibility index (Phi) is 3.93. The number of esters is 1. The van der Waals surface area contributed by atoms with Crippen LogP contribution in [-0.2, 0) is 9.53 Å². The highest BCUT2D eigenvalue weighted by Gasteiger charge is 2.24. The smallest absolute Gasteiger partial charge is 0.339 e. The predicted octanol–water partition coefficient (Wildman–Crippen LogP) is 1.71. The Bertz CT molecular complexity index is 460. The molecule has 0 spiro atoms. The first-order chi connectivity index (χ1) is 8.63. The molecular weight excluding hydrogens is 260 g/mol. The Balaban J connectivity index is 2.37. The fraction of sp³-hybridized carbons (Fsp3) is 0.417. The van der Waals surface area contributed by atoms with Gasteiger partial charge < -0.3 is 19.3 Å². The van der Waals surface area contributed by atoms with Crippen molar-refractivity contribution in [1.82, 2.24) is 0 Å². The fourth-order valence-corrected chi connectivity index (χ4v) is 1.90. The SMILES string of the molecule is COC(=O)C(O)c1cc2c(cc1Cl)OCCCO2. The number of hydrogen-bond acceptors (Lipinski definition) is 5. The molecule has 1 aromatic rings. The molecule has 1 aromatic carbocycles. The molecule has 1 N–H and O–H groups in total. The molecular formula is C12H13ClO5. The summed E-state index contributed by atoms with van der Waals surface area (Å²) in [4.78, 5) is 11.3. The van der Waals surface area contributed by atoms with Crippen LogP contribution < -0.4 is 9.47 Å². The van der Waals surface area contributed by atoms with Crippen LogP contribution in [0, 0.1) is 0 Å². The largest absolute Gasteiger partial charge is 0.490 e. The van der Waals surface area contributed by atoms with Crippen LogP contribution in [0.4, 0.5) is 0 Å². The quantitative estimate of drug-likeness (QED) is 0.830. The van der Waals surface area contributed by atoms with E-state index in [9.17, 15) is 9.90 Å². The van der Waals surface area contributed by atoms with E-state index in [-0.39, 0.29) is 10.6 Å². The van der Waals surface area contributed by atoms with Gasteiger partial charge in [-0.1, -0.05) is 11.6 Å². The Morgan fingerprint density at radius 1 is 1.39 bits per heavy atom. The summed E-state index contributed by atoms with van der Waals surface area (Å²) in [5.74, 6) is 0.208. The molecule has 98 valence electrons. The summed E-state index contributed by atoms with van der Waals surface area (Å²) < 4.78 is 15.4. The Labute approximate surface area is 109 Å². The summed E-state index contributed by atoms with van der Waals surface area (Å²) in [5, 5.41) is 10.0. The number of methoxy groups -OCH3 is 1. The van der Waals surface area contributed by atoms with Gasteiger partial charge in [-0.05, 0) is 6.07 Å². The molecule has 0 amide bonds. The number of aliphatic hydroxyl groups excluding tert-OH is 1. The topological polar surface area (TPSA) is 65.0 Å². The van der Waals surface area contributed by atoms with E-state index in [2.05, 4.69) is 4.74 Å². The van der Waals surface area contributed by atoms with Crippen LogP contribution in [0.25, 0.3) is 0 Å². The van der Waals surface area contributed by atoms with Crippen molar-refractivity contribution in [2.24, 2.45) is 0 Å². The molecule has 0 saturated carbocycles. The monoisotopic (exact) mass is 272 g/mol. The molecule has 1 aliphatic rings. The van der Waals surface area contributed by atoms with Crippen LogP contribution in [0.1, 0.15) is 18.1 Å². The first-order valence-corrected chi connectivity index (χ1v) is 5.86.